The number of aromatic nitrogens is 1. The zero-order valence-electron chi connectivity index (χ0n) is 13.1. The molecule has 0 spiro atoms. The second kappa shape index (κ2) is 10.3. The van der Waals surface area contributed by atoms with Gasteiger partial charge in [-0.2, -0.15) is 0 Å². The van der Waals surface area contributed by atoms with Gasteiger partial charge in [0.25, 0.3) is 5.91 Å². The van der Waals surface area contributed by atoms with Gasteiger partial charge in [0.1, 0.15) is 5.69 Å². The van der Waals surface area contributed by atoms with E-state index < -0.39 is 0 Å². The van der Waals surface area contributed by atoms with Crippen molar-refractivity contribution in [3.63, 3.8) is 0 Å². The predicted molar refractivity (Wildman–Crippen MR) is 87.9 cm³/mol. The Balaban J connectivity index is 0.000000220. The Labute approximate surface area is 131 Å². The lowest BCUT2D eigenvalue weighted by Gasteiger charge is -1.98. The maximum absolute atomic E-state index is 11.2. The predicted octanol–water partition coefficient (Wildman–Crippen LogP) is 3.50. The number of nitrogens with zero attached hydrogens (tertiary/aromatic N) is 1. The first-order valence-electron chi connectivity index (χ1n) is 7.46. The van der Waals surface area contributed by atoms with Gasteiger partial charge in [-0.3, -0.25) is 14.6 Å². The van der Waals surface area contributed by atoms with Crippen LogP contribution in [0.1, 0.15) is 47.5 Å². The fourth-order valence-corrected chi connectivity index (χ4v) is 1.74. The molecule has 0 atom stereocenters. The molecule has 0 aliphatic heterocycles. The van der Waals surface area contributed by atoms with Crippen LogP contribution in [0.25, 0.3) is 0 Å². The number of hydrogen-bond donors (Lipinski definition) is 1. The van der Waals surface area contributed by atoms with Crippen LogP contribution in [-0.2, 0) is 0 Å². The van der Waals surface area contributed by atoms with E-state index in [9.17, 15) is 9.59 Å². The Kier molecular flexibility index (Phi) is 8.20. The van der Waals surface area contributed by atoms with Gasteiger partial charge >= 0.3 is 0 Å². The molecule has 0 aliphatic carbocycles. The summed E-state index contributed by atoms with van der Waals surface area (Å²) < 4.78 is 0. The number of nitrogens with one attached hydrogen (secondary N) is 1. The van der Waals surface area contributed by atoms with Crippen LogP contribution in [-0.4, -0.2) is 23.2 Å². The maximum atomic E-state index is 11.2. The number of rotatable bonds is 5. The molecule has 0 saturated heterocycles. The van der Waals surface area contributed by atoms with Crippen LogP contribution in [0.4, 0.5) is 0 Å². The molecule has 1 aromatic heterocycles. The summed E-state index contributed by atoms with van der Waals surface area (Å²) in [6.45, 7) is 4.52. The van der Waals surface area contributed by atoms with Crippen molar-refractivity contribution in [1.82, 2.24) is 10.3 Å². The summed E-state index contributed by atoms with van der Waals surface area (Å²) in [5.41, 5.74) is 1.30. The fraction of sp³-hybridized carbons (Fsp3) is 0.278. The number of carbonyl (C=O) groups is 2. The molecular formula is C18H22N2O2. The second-order valence-electron chi connectivity index (χ2n) is 4.61. The summed E-state index contributed by atoms with van der Waals surface area (Å²) in [4.78, 5) is 26.2. The van der Waals surface area contributed by atoms with Crippen molar-refractivity contribution in [2.24, 2.45) is 0 Å². The third kappa shape index (κ3) is 6.31. The van der Waals surface area contributed by atoms with Gasteiger partial charge in [0.15, 0.2) is 5.78 Å². The molecule has 4 nitrogen and oxygen atoms in total. The van der Waals surface area contributed by atoms with E-state index in [4.69, 9.17) is 0 Å². The van der Waals surface area contributed by atoms with Gasteiger partial charge in [-0.25, -0.2) is 0 Å². The second-order valence-corrected chi connectivity index (χ2v) is 4.61. The quantitative estimate of drug-likeness (QED) is 0.859. The lowest BCUT2D eigenvalue weighted by Crippen LogP contribution is -2.23. The molecule has 1 N–H and O–H groups in total. The van der Waals surface area contributed by atoms with Crippen molar-refractivity contribution in [2.45, 2.75) is 26.7 Å². The zero-order valence-corrected chi connectivity index (χ0v) is 13.1. The largest absolute Gasteiger partial charge is 0.351 e. The van der Waals surface area contributed by atoms with Crippen LogP contribution in [0.5, 0.6) is 0 Å². The minimum Gasteiger partial charge on any atom is -0.351 e. The number of pyridine rings is 1. The Bertz CT molecular complexity index is 515. The van der Waals surface area contributed by atoms with Crippen molar-refractivity contribution in [3.05, 3.63) is 66.0 Å². The highest BCUT2D eigenvalue weighted by Crippen LogP contribution is 2.03. The van der Waals surface area contributed by atoms with Crippen LogP contribution in [0, 0.1) is 0 Å². The number of hydrogen-bond acceptors (Lipinski definition) is 3. The van der Waals surface area contributed by atoms with E-state index in [0.29, 0.717) is 18.7 Å². The Morgan fingerprint density at radius 2 is 1.68 bits per heavy atom. The highest BCUT2D eigenvalue weighted by atomic mass is 16.1. The molecule has 116 valence electrons. The van der Waals surface area contributed by atoms with Gasteiger partial charge in [0, 0.05) is 24.7 Å². The smallest absolute Gasteiger partial charge is 0.269 e. The number of ketones is 1. The molecule has 2 rings (SSSR count). The zero-order chi connectivity index (χ0) is 16.2. The monoisotopic (exact) mass is 298 g/mol. The molecular weight excluding hydrogens is 276 g/mol. The molecule has 0 bridgehead atoms. The van der Waals surface area contributed by atoms with Crippen LogP contribution in [0.15, 0.2) is 54.7 Å². The Morgan fingerprint density at radius 1 is 1.00 bits per heavy atom. The van der Waals surface area contributed by atoms with E-state index in [1.54, 1.807) is 24.4 Å². The SMILES string of the molecule is CCCC(=O)c1ccccc1.CCNC(=O)c1ccccn1. The van der Waals surface area contributed by atoms with Crippen molar-refractivity contribution < 1.29 is 9.59 Å². The molecule has 0 saturated carbocycles. The van der Waals surface area contributed by atoms with Crippen LogP contribution in [0.3, 0.4) is 0 Å². The third-order valence-electron chi connectivity index (χ3n) is 2.81. The first-order valence-corrected chi connectivity index (χ1v) is 7.46. The molecule has 0 unspecified atom stereocenters. The van der Waals surface area contributed by atoms with Crippen molar-refractivity contribution in [1.29, 1.82) is 0 Å². The average Bonchev–Trinajstić information content (AvgIpc) is 2.57. The Hall–Kier alpha value is -2.49. The van der Waals surface area contributed by atoms with E-state index in [1.807, 2.05) is 44.2 Å². The summed E-state index contributed by atoms with van der Waals surface area (Å²) in [6.07, 6.45) is 3.18. The van der Waals surface area contributed by atoms with Crippen LogP contribution >= 0.6 is 0 Å². The first kappa shape index (κ1) is 17.6. The molecule has 1 amide bonds. The van der Waals surface area contributed by atoms with Crippen molar-refractivity contribution in [3.8, 4) is 0 Å². The number of amides is 1. The lowest BCUT2D eigenvalue weighted by molar-refractivity contribution is 0.0949. The number of Topliss-reactive ketones (excluding diaryl/α,β-unsaturated/α-hetero) is 1. The third-order valence-corrected chi connectivity index (χ3v) is 2.81. The molecule has 1 aromatic carbocycles. The molecule has 22 heavy (non-hydrogen) atoms. The van der Waals surface area contributed by atoms with Crippen molar-refractivity contribution >= 4 is 11.7 Å². The summed E-state index contributed by atoms with van der Waals surface area (Å²) in [5, 5.41) is 2.66. The minimum atomic E-state index is -0.117. The van der Waals surface area contributed by atoms with E-state index in [0.717, 1.165) is 12.0 Å². The van der Waals surface area contributed by atoms with E-state index in [1.165, 1.54) is 0 Å². The maximum Gasteiger partial charge on any atom is 0.269 e. The summed E-state index contributed by atoms with van der Waals surface area (Å²) in [7, 11) is 0. The average molecular weight is 298 g/mol. The van der Waals surface area contributed by atoms with E-state index >= 15 is 0 Å². The normalized spacial score (nSPS) is 9.36. The lowest BCUT2D eigenvalue weighted by atomic mass is 10.1. The van der Waals surface area contributed by atoms with Gasteiger partial charge in [-0.05, 0) is 25.5 Å². The molecule has 2 aromatic rings. The number of benzene rings is 1. The van der Waals surface area contributed by atoms with Crippen LogP contribution < -0.4 is 5.32 Å². The van der Waals surface area contributed by atoms with Gasteiger partial charge < -0.3 is 5.32 Å². The summed E-state index contributed by atoms with van der Waals surface area (Å²) in [5.74, 6) is 0.126. The molecule has 0 aliphatic rings. The van der Waals surface area contributed by atoms with Crippen LogP contribution in [0.2, 0.25) is 0 Å². The van der Waals surface area contributed by atoms with Gasteiger partial charge in [-0.1, -0.05) is 43.3 Å². The molecule has 0 fully saturated rings. The molecule has 4 heteroatoms. The highest BCUT2D eigenvalue weighted by molar-refractivity contribution is 5.95. The summed E-state index contributed by atoms with van der Waals surface area (Å²) in [6, 6.07) is 14.7. The van der Waals surface area contributed by atoms with Gasteiger partial charge in [-0.15, -0.1) is 0 Å². The highest BCUT2D eigenvalue weighted by Gasteiger charge is 2.02. The minimum absolute atomic E-state index is 0.117. The standard InChI is InChI=1S/C10H12O.C8H10N2O/c1-2-6-10(11)9-7-4-3-5-8-9;1-2-9-8(11)7-5-3-4-6-10-7/h3-5,7-8H,2,6H2,1H3;3-6H,2H2,1H3,(H,9,11). The number of carbonyl (C=O) groups excluding carboxylic acids is 2. The van der Waals surface area contributed by atoms with Gasteiger partial charge in [0.05, 0.1) is 0 Å². The van der Waals surface area contributed by atoms with Gasteiger partial charge in [0.2, 0.25) is 0 Å². The van der Waals surface area contributed by atoms with Crippen molar-refractivity contribution in [2.75, 3.05) is 6.54 Å². The first-order chi connectivity index (χ1) is 10.7. The molecule has 0 radical (unpaired) electrons. The Morgan fingerprint density at radius 3 is 2.23 bits per heavy atom. The van der Waals surface area contributed by atoms with E-state index in [-0.39, 0.29) is 11.7 Å². The summed E-state index contributed by atoms with van der Waals surface area (Å²) >= 11 is 0. The topological polar surface area (TPSA) is 59.1 Å². The van der Waals surface area contributed by atoms with E-state index in [2.05, 4.69) is 10.3 Å². The molecule has 1 heterocycles. The fourth-order valence-electron chi connectivity index (χ4n) is 1.74.